The van der Waals surface area contributed by atoms with Gasteiger partial charge in [-0.3, -0.25) is 9.66 Å². The van der Waals surface area contributed by atoms with Crippen LogP contribution < -0.4 is 20.1 Å². The Morgan fingerprint density at radius 1 is 0.708 bits per heavy atom. The van der Waals surface area contributed by atoms with Crippen LogP contribution >= 0.6 is 7.21 Å². The fourth-order valence-electron chi connectivity index (χ4n) is 6.15. The van der Waals surface area contributed by atoms with Gasteiger partial charge in [0.15, 0.2) is 0 Å². The Bertz CT molecular complexity index is 1810. The number of hydrogen-bond acceptors (Lipinski definition) is 6. The highest BCUT2D eigenvalue weighted by molar-refractivity contribution is 7.79. The molecule has 0 heterocycles. The number of phenols is 2. The molecule has 0 saturated heterocycles. The Morgan fingerprint density at radius 2 is 1.17 bits per heavy atom. The molecule has 0 spiro atoms. The molecule has 0 amide bonds. The van der Waals surface area contributed by atoms with Crippen molar-refractivity contribution in [3.63, 3.8) is 0 Å². The standard InChI is InChI=1S/C40H52N3O4P/c1-25-18-26(2)36(27(3)19-25)41-24-28-16-14-15-17-33(28)42-48(43(10)11,34-22-29(46-12)20-31(37(34)44)39(4,5)6)35-23-30(47-13)21-32(38(35)45)40(7,8)9/h14-24,44-45H,1-13H3. The molecule has 4 aromatic rings. The molecule has 0 atom stereocenters. The summed E-state index contributed by atoms with van der Waals surface area (Å²) < 4.78 is 19.3. The molecule has 0 aromatic heterocycles. The van der Waals surface area contributed by atoms with Crippen molar-refractivity contribution in [2.75, 3.05) is 28.3 Å². The van der Waals surface area contributed by atoms with E-state index in [9.17, 15) is 10.2 Å². The minimum absolute atomic E-state index is 0.116. The smallest absolute Gasteiger partial charge is 0.130 e. The monoisotopic (exact) mass is 669 g/mol. The van der Waals surface area contributed by atoms with Crippen LogP contribution in [-0.4, -0.2) is 49.4 Å². The molecular weight excluding hydrogens is 617 g/mol. The molecule has 7 nitrogen and oxygen atoms in total. The van der Waals surface area contributed by atoms with Crippen LogP contribution in [-0.2, 0) is 10.8 Å². The molecule has 0 aliphatic carbocycles. The molecular formula is C40H52N3O4P. The number of benzene rings is 4. The second-order valence-electron chi connectivity index (χ2n) is 14.7. The van der Waals surface area contributed by atoms with Crippen molar-refractivity contribution in [1.82, 2.24) is 4.67 Å². The van der Waals surface area contributed by atoms with Gasteiger partial charge in [0.25, 0.3) is 0 Å². The van der Waals surface area contributed by atoms with Crippen molar-refractivity contribution in [3.8, 4) is 23.0 Å². The van der Waals surface area contributed by atoms with Crippen LogP contribution in [0.1, 0.15) is 74.9 Å². The number of nitrogens with zero attached hydrogens (tertiary/aromatic N) is 3. The van der Waals surface area contributed by atoms with Gasteiger partial charge in [0, 0.05) is 22.9 Å². The Kier molecular flexibility index (Phi) is 10.6. The Morgan fingerprint density at radius 3 is 1.58 bits per heavy atom. The van der Waals surface area contributed by atoms with E-state index in [-0.39, 0.29) is 11.5 Å². The zero-order valence-electron chi connectivity index (χ0n) is 30.9. The largest absolute Gasteiger partial charge is 0.507 e. The summed E-state index contributed by atoms with van der Waals surface area (Å²) in [6, 6.07) is 19.6. The fraction of sp³-hybridized carbons (Fsp3) is 0.375. The lowest BCUT2D eigenvalue weighted by molar-refractivity contribution is 0.406. The summed E-state index contributed by atoms with van der Waals surface area (Å²) in [7, 11) is 3.88. The number of rotatable bonds is 8. The molecule has 0 fully saturated rings. The van der Waals surface area contributed by atoms with Gasteiger partial charge >= 0.3 is 0 Å². The quantitative estimate of drug-likeness (QED) is 0.144. The topological polar surface area (TPSA) is 86.9 Å². The number of phenolic OH excluding ortho intramolecular Hbond substituents is 2. The van der Waals surface area contributed by atoms with Gasteiger partial charge in [-0.05, 0) is 87.2 Å². The van der Waals surface area contributed by atoms with E-state index in [1.165, 1.54) is 5.56 Å². The first-order chi connectivity index (χ1) is 22.3. The van der Waals surface area contributed by atoms with Gasteiger partial charge < -0.3 is 19.7 Å². The third-order valence-corrected chi connectivity index (χ3v) is 12.3. The van der Waals surface area contributed by atoms with E-state index in [4.69, 9.17) is 19.2 Å². The van der Waals surface area contributed by atoms with Crippen molar-refractivity contribution < 1.29 is 19.7 Å². The van der Waals surface area contributed by atoms with Crippen molar-refractivity contribution in [3.05, 3.63) is 94.0 Å². The van der Waals surface area contributed by atoms with Crippen LogP contribution in [0, 0.1) is 20.8 Å². The third kappa shape index (κ3) is 7.18. The van der Waals surface area contributed by atoms with E-state index in [0.29, 0.717) is 27.8 Å². The molecule has 8 heteroatoms. The molecule has 4 rings (SSSR count). The molecule has 2 N–H and O–H groups in total. The number of aliphatic imine (C=N–C) groups is 1. The second-order valence-corrected chi connectivity index (χ2v) is 17.9. The predicted octanol–water partition coefficient (Wildman–Crippen LogP) is 9.35. The minimum atomic E-state index is -3.25. The summed E-state index contributed by atoms with van der Waals surface area (Å²) in [6.45, 7) is 18.6. The molecule has 0 aliphatic rings. The third-order valence-electron chi connectivity index (χ3n) is 8.62. The maximum atomic E-state index is 12.3. The lowest BCUT2D eigenvalue weighted by atomic mass is 9.86. The van der Waals surface area contributed by atoms with Crippen molar-refractivity contribution >= 4 is 35.4 Å². The van der Waals surface area contributed by atoms with Gasteiger partial charge in [-0.15, -0.1) is 0 Å². The van der Waals surface area contributed by atoms with E-state index in [1.54, 1.807) is 14.2 Å². The normalized spacial score (nSPS) is 12.5. The average molecular weight is 670 g/mol. The molecule has 256 valence electrons. The second kappa shape index (κ2) is 13.8. The maximum Gasteiger partial charge on any atom is 0.130 e. The van der Waals surface area contributed by atoms with Crippen LogP contribution in [0.4, 0.5) is 11.4 Å². The number of ether oxygens (including phenoxy) is 2. The molecule has 0 radical (unpaired) electrons. The molecule has 0 aliphatic heterocycles. The number of aryl methyl sites for hydroxylation is 3. The van der Waals surface area contributed by atoms with Crippen LogP contribution in [0.25, 0.3) is 0 Å². The highest BCUT2D eigenvalue weighted by Crippen LogP contribution is 2.58. The Hall–Kier alpha value is -4.06. The first-order valence-electron chi connectivity index (χ1n) is 16.2. The van der Waals surface area contributed by atoms with E-state index in [0.717, 1.165) is 33.5 Å². The zero-order chi connectivity index (χ0) is 35.8. The fourth-order valence-corrected chi connectivity index (χ4v) is 9.61. The van der Waals surface area contributed by atoms with Crippen LogP contribution in [0.15, 0.2) is 70.4 Å². The Balaban J connectivity index is 2.23. The maximum absolute atomic E-state index is 12.3. The van der Waals surface area contributed by atoms with Crippen molar-refractivity contribution in [1.29, 1.82) is 0 Å². The molecule has 0 bridgehead atoms. The summed E-state index contributed by atoms with van der Waals surface area (Å²) in [5.41, 5.74) is 6.39. The van der Waals surface area contributed by atoms with Gasteiger partial charge in [0.05, 0.1) is 36.2 Å². The van der Waals surface area contributed by atoms with Gasteiger partial charge in [0.1, 0.15) is 30.2 Å². The number of methoxy groups -OCH3 is 2. The zero-order valence-corrected chi connectivity index (χ0v) is 31.7. The van der Waals surface area contributed by atoms with Gasteiger partial charge in [-0.2, -0.15) is 0 Å². The summed E-state index contributed by atoms with van der Waals surface area (Å²) in [5.74, 6) is 1.41. The van der Waals surface area contributed by atoms with E-state index < -0.39 is 18.0 Å². The summed E-state index contributed by atoms with van der Waals surface area (Å²) in [5, 5.41) is 25.7. The molecule has 4 aromatic carbocycles. The summed E-state index contributed by atoms with van der Waals surface area (Å²) in [6.07, 6.45) is 1.85. The first-order valence-corrected chi connectivity index (χ1v) is 17.9. The number of hydrogen-bond donors (Lipinski definition) is 2. The van der Waals surface area contributed by atoms with Crippen LogP contribution in [0.5, 0.6) is 23.0 Å². The van der Waals surface area contributed by atoms with Crippen molar-refractivity contribution in [2.45, 2.75) is 73.1 Å². The summed E-state index contributed by atoms with van der Waals surface area (Å²) in [4.78, 5) is 4.96. The van der Waals surface area contributed by atoms with E-state index in [2.05, 4.69) is 74.4 Å². The first kappa shape index (κ1) is 36.8. The van der Waals surface area contributed by atoms with Crippen LogP contribution in [0.3, 0.4) is 0 Å². The number of aromatic hydroxyl groups is 2. The predicted molar refractivity (Wildman–Crippen MR) is 203 cm³/mol. The average Bonchev–Trinajstić information content (AvgIpc) is 2.99. The highest BCUT2D eigenvalue weighted by atomic mass is 31.2. The van der Waals surface area contributed by atoms with Gasteiger partial charge in [-0.25, -0.2) is 4.74 Å². The highest BCUT2D eigenvalue weighted by Gasteiger charge is 2.38. The van der Waals surface area contributed by atoms with E-state index >= 15 is 0 Å². The van der Waals surface area contributed by atoms with Crippen molar-refractivity contribution in [2.24, 2.45) is 9.74 Å². The molecule has 48 heavy (non-hydrogen) atoms. The molecule has 0 saturated carbocycles. The lowest BCUT2D eigenvalue weighted by Gasteiger charge is -2.36. The molecule has 0 unspecified atom stereocenters. The lowest BCUT2D eigenvalue weighted by Crippen LogP contribution is -2.30. The minimum Gasteiger partial charge on any atom is -0.507 e. The van der Waals surface area contributed by atoms with E-state index in [1.807, 2.05) is 73.5 Å². The SMILES string of the molecule is COc1cc(C(C)(C)C)c(O)c(P(=Nc2ccccc2C=Nc2c(C)cc(C)cc2C)(c2cc(OC)cc(C(C)(C)C)c2O)N(C)C)c1. The Labute approximate surface area is 287 Å². The summed E-state index contributed by atoms with van der Waals surface area (Å²) >= 11 is 0. The van der Waals surface area contributed by atoms with Gasteiger partial charge in [0.2, 0.25) is 0 Å². The van der Waals surface area contributed by atoms with Crippen LogP contribution in [0.2, 0.25) is 0 Å². The van der Waals surface area contributed by atoms with Gasteiger partial charge in [-0.1, -0.05) is 77.4 Å².